The molecule has 0 radical (unpaired) electrons. The van der Waals surface area contributed by atoms with Crippen LogP contribution in [0.3, 0.4) is 0 Å². The average molecular weight is 342 g/mol. The highest BCUT2D eigenvalue weighted by Gasteiger charge is 2.09. The third-order valence-corrected chi connectivity index (χ3v) is 4.06. The van der Waals surface area contributed by atoms with E-state index in [1.54, 1.807) is 0 Å². The lowest BCUT2D eigenvalue weighted by molar-refractivity contribution is 0.264. The van der Waals surface area contributed by atoms with Crippen molar-refractivity contribution in [2.45, 2.75) is 13.5 Å². The van der Waals surface area contributed by atoms with Crippen LogP contribution in [0.25, 0.3) is 22.6 Å². The van der Waals surface area contributed by atoms with Gasteiger partial charge in [0.15, 0.2) is 6.61 Å². The maximum Gasteiger partial charge on any atom is 0.254 e. The maximum absolute atomic E-state index is 5.76. The van der Waals surface area contributed by atoms with E-state index in [-0.39, 0.29) is 6.61 Å². The molecule has 4 rings (SSSR count). The van der Waals surface area contributed by atoms with Crippen LogP contribution in [-0.4, -0.2) is 10.2 Å². The van der Waals surface area contributed by atoms with E-state index in [2.05, 4.69) is 22.3 Å². The fourth-order valence-corrected chi connectivity index (χ4v) is 2.73. The van der Waals surface area contributed by atoms with Gasteiger partial charge in [-0.05, 0) is 42.3 Å². The van der Waals surface area contributed by atoms with Crippen LogP contribution in [0.2, 0.25) is 0 Å². The maximum atomic E-state index is 5.76. The summed E-state index contributed by atoms with van der Waals surface area (Å²) in [5, 5.41) is 8.16. The molecule has 0 aliphatic rings. The Hall–Kier alpha value is -3.40. The molecular weight excluding hydrogens is 324 g/mol. The number of aromatic nitrogens is 2. The first-order chi connectivity index (χ1) is 12.8. The van der Waals surface area contributed by atoms with Crippen LogP contribution in [0, 0.1) is 6.92 Å². The largest absolute Gasteiger partial charge is 0.484 e. The Morgan fingerprint density at radius 3 is 2.27 bits per heavy atom. The van der Waals surface area contributed by atoms with Gasteiger partial charge >= 0.3 is 0 Å². The molecule has 0 aliphatic heterocycles. The highest BCUT2D eigenvalue weighted by atomic mass is 16.5. The molecule has 1 heterocycles. The first-order valence-electron chi connectivity index (χ1n) is 8.46. The molecule has 3 aromatic carbocycles. The van der Waals surface area contributed by atoms with Gasteiger partial charge in [-0.2, -0.15) is 0 Å². The van der Waals surface area contributed by atoms with E-state index < -0.39 is 0 Å². The third-order valence-electron chi connectivity index (χ3n) is 4.06. The zero-order chi connectivity index (χ0) is 17.8. The Kier molecular flexibility index (Phi) is 4.48. The van der Waals surface area contributed by atoms with Crippen molar-refractivity contribution < 1.29 is 9.15 Å². The average Bonchev–Trinajstić information content (AvgIpc) is 3.17. The molecular formula is C22H18N2O2. The SMILES string of the molecule is Cc1cccc(-c2nnc(COc3ccc(-c4ccccc4)cc3)o2)c1. The zero-order valence-corrected chi connectivity index (χ0v) is 14.4. The standard InChI is InChI=1S/C22H18N2O2/c1-16-6-5-9-19(14-16)22-24-23-21(26-22)15-25-20-12-10-18(11-13-20)17-7-3-2-4-8-17/h2-14H,15H2,1H3. The number of aryl methyl sites for hydroxylation is 1. The predicted molar refractivity (Wildman–Crippen MR) is 101 cm³/mol. The number of rotatable bonds is 5. The van der Waals surface area contributed by atoms with E-state index in [4.69, 9.17) is 9.15 Å². The minimum Gasteiger partial charge on any atom is -0.484 e. The van der Waals surface area contributed by atoms with E-state index >= 15 is 0 Å². The van der Waals surface area contributed by atoms with Gasteiger partial charge in [-0.1, -0.05) is 60.2 Å². The number of ether oxygens (including phenoxy) is 1. The number of nitrogens with zero attached hydrogens (tertiary/aromatic N) is 2. The molecule has 0 bridgehead atoms. The highest BCUT2D eigenvalue weighted by molar-refractivity contribution is 5.63. The molecule has 4 aromatic rings. The summed E-state index contributed by atoms with van der Waals surface area (Å²) in [5.74, 6) is 1.72. The van der Waals surface area contributed by atoms with Gasteiger partial charge in [0.2, 0.25) is 5.89 Å². The molecule has 128 valence electrons. The van der Waals surface area contributed by atoms with Crippen molar-refractivity contribution >= 4 is 0 Å². The summed E-state index contributed by atoms with van der Waals surface area (Å²) in [4.78, 5) is 0. The second kappa shape index (κ2) is 7.23. The first-order valence-corrected chi connectivity index (χ1v) is 8.46. The van der Waals surface area contributed by atoms with Crippen LogP contribution in [0.4, 0.5) is 0 Å². The van der Waals surface area contributed by atoms with Gasteiger partial charge in [-0.15, -0.1) is 10.2 Å². The minimum absolute atomic E-state index is 0.240. The molecule has 0 unspecified atom stereocenters. The number of benzene rings is 3. The predicted octanol–water partition coefficient (Wildman–Crippen LogP) is 5.29. The lowest BCUT2D eigenvalue weighted by Crippen LogP contribution is -1.95. The second-order valence-electron chi connectivity index (χ2n) is 6.05. The van der Waals surface area contributed by atoms with Gasteiger partial charge in [-0.25, -0.2) is 0 Å². The van der Waals surface area contributed by atoms with Crippen molar-refractivity contribution in [3.63, 3.8) is 0 Å². The van der Waals surface area contributed by atoms with Crippen LogP contribution in [0.1, 0.15) is 11.5 Å². The molecule has 0 spiro atoms. The van der Waals surface area contributed by atoms with Crippen LogP contribution in [0.5, 0.6) is 5.75 Å². The lowest BCUT2D eigenvalue weighted by atomic mass is 10.1. The summed E-state index contributed by atoms with van der Waals surface area (Å²) >= 11 is 0. The topological polar surface area (TPSA) is 48.2 Å². The van der Waals surface area contributed by atoms with E-state index in [1.807, 2.05) is 73.7 Å². The quantitative estimate of drug-likeness (QED) is 0.494. The third kappa shape index (κ3) is 3.64. The van der Waals surface area contributed by atoms with E-state index in [9.17, 15) is 0 Å². The molecule has 26 heavy (non-hydrogen) atoms. The van der Waals surface area contributed by atoms with Gasteiger partial charge in [0.1, 0.15) is 5.75 Å². The second-order valence-corrected chi connectivity index (χ2v) is 6.05. The molecule has 4 heteroatoms. The summed E-state index contributed by atoms with van der Waals surface area (Å²) in [6.45, 7) is 2.27. The van der Waals surface area contributed by atoms with Crippen LogP contribution >= 0.6 is 0 Å². The van der Waals surface area contributed by atoms with Crippen molar-refractivity contribution in [2.75, 3.05) is 0 Å². The van der Waals surface area contributed by atoms with Gasteiger partial charge in [0, 0.05) is 5.56 Å². The Morgan fingerprint density at radius 1 is 0.769 bits per heavy atom. The summed E-state index contributed by atoms with van der Waals surface area (Å²) < 4.78 is 11.5. The van der Waals surface area contributed by atoms with Crippen molar-refractivity contribution in [3.8, 4) is 28.3 Å². The van der Waals surface area contributed by atoms with Crippen molar-refractivity contribution in [1.29, 1.82) is 0 Å². The van der Waals surface area contributed by atoms with Gasteiger partial charge in [-0.3, -0.25) is 0 Å². The smallest absolute Gasteiger partial charge is 0.254 e. The molecule has 0 fully saturated rings. The van der Waals surface area contributed by atoms with Crippen LogP contribution < -0.4 is 4.74 Å². The van der Waals surface area contributed by atoms with E-state index in [0.29, 0.717) is 11.8 Å². The fourth-order valence-electron chi connectivity index (χ4n) is 2.73. The van der Waals surface area contributed by atoms with Crippen molar-refractivity contribution in [1.82, 2.24) is 10.2 Å². The van der Waals surface area contributed by atoms with Gasteiger partial charge < -0.3 is 9.15 Å². The first kappa shape index (κ1) is 16.1. The molecule has 0 N–H and O–H groups in total. The molecule has 1 aromatic heterocycles. The Labute approximate surface area is 152 Å². The van der Waals surface area contributed by atoms with Crippen LogP contribution in [0.15, 0.2) is 83.3 Å². The summed E-state index contributed by atoms with van der Waals surface area (Å²) in [7, 11) is 0. The van der Waals surface area contributed by atoms with E-state index in [0.717, 1.165) is 22.4 Å². The molecule has 0 atom stereocenters. The van der Waals surface area contributed by atoms with Crippen molar-refractivity contribution in [3.05, 3.63) is 90.3 Å². The van der Waals surface area contributed by atoms with Gasteiger partial charge in [0.25, 0.3) is 5.89 Å². The van der Waals surface area contributed by atoms with Crippen LogP contribution in [-0.2, 0) is 6.61 Å². The number of hydrogen-bond acceptors (Lipinski definition) is 4. The monoisotopic (exact) mass is 342 g/mol. The van der Waals surface area contributed by atoms with Crippen molar-refractivity contribution in [2.24, 2.45) is 0 Å². The summed E-state index contributed by atoms with van der Waals surface area (Å²) in [5.41, 5.74) is 4.39. The number of hydrogen-bond donors (Lipinski definition) is 0. The molecule has 0 aliphatic carbocycles. The zero-order valence-electron chi connectivity index (χ0n) is 14.4. The molecule has 0 saturated carbocycles. The molecule has 0 saturated heterocycles. The lowest BCUT2D eigenvalue weighted by Gasteiger charge is -2.05. The van der Waals surface area contributed by atoms with Gasteiger partial charge in [0.05, 0.1) is 0 Å². The fraction of sp³-hybridized carbons (Fsp3) is 0.0909. The Morgan fingerprint density at radius 2 is 1.50 bits per heavy atom. The summed E-state index contributed by atoms with van der Waals surface area (Å²) in [6, 6.07) is 26.2. The molecule has 4 nitrogen and oxygen atoms in total. The Bertz CT molecular complexity index is 992. The Balaban J connectivity index is 1.42. The molecule has 0 amide bonds. The highest BCUT2D eigenvalue weighted by Crippen LogP contribution is 2.23. The summed E-state index contributed by atoms with van der Waals surface area (Å²) in [6.07, 6.45) is 0. The van der Waals surface area contributed by atoms with E-state index in [1.165, 1.54) is 5.56 Å². The normalized spacial score (nSPS) is 10.7. The minimum atomic E-state index is 0.240.